The van der Waals surface area contributed by atoms with Crippen LogP contribution in [0.2, 0.25) is 0 Å². The van der Waals surface area contributed by atoms with Gasteiger partial charge in [0.05, 0.1) is 5.52 Å². The van der Waals surface area contributed by atoms with Crippen LogP contribution in [0, 0.1) is 24.2 Å². The van der Waals surface area contributed by atoms with Crippen molar-refractivity contribution >= 4 is 28.3 Å². The van der Waals surface area contributed by atoms with Crippen LogP contribution in [0.1, 0.15) is 43.1 Å². The molecule has 1 aliphatic heterocycles. The van der Waals surface area contributed by atoms with E-state index in [2.05, 4.69) is 58.1 Å². The molecule has 0 atom stereocenters. The highest BCUT2D eigenvalue weighted by atomic mass is 15.3. The number of nitrogens with zero attached hydrogens (tertiary/aromatic N) is 6. The minimum absolute atomic E-state index is 0.218. The van der Waals surface area contributed by atoms with Gasteiger partial charge in [0.25, 0.3) is 5.78 Å². The number of rotatable bonds is 1. The van der Waals surface area contributed by atoms with Crippen LogP contribution in [-0.2, 0) is 6.42 Å². The van der Waals surface area contributed by atoms with Crippen LogP contribution in [0.5, 0.6) is 0 Å². The van der Waals surface area contributed by atoms with E-state index in [1.807, 2.05) is 23.6 Å². The second-order valence-corrected chi connectivity index (χ2v) is 8.56. The Kier molecular flexibility index (Phi) is 3.64. The summed E-state index contributed by atoms with van der Waals surface area (Å²) >= 11 is 0. The maximum absolute atomic E-state index is 4.89. The molecule has 6 rings (SSSR count). The van der Waals surface area contributed by atoms with Crippen molar-refractivity contribution < 1.29 is 0 Å². The molecule has 1 aromatic carbocycles. The van der Waals surface area contributed by atoms with Gasteiger partial charge in [-0.05, 0) is 69.4 Å². The van der Waals surface area contributed by atoms with Crippen LogP contribution in [0.4, 0.5) is 11.5 Å². The minimum atomic E-state index is 0.218. The first-order valence-electron chi connectivity index (χ1n) is 10.5. The molecule has 1 saturated carbocycles. The zero-order valence-electron chi connectivity index (χ0n) is 17.2. The predicted octanol–water partition coefficient (Wildman–Crippen LogP) is 4.22. The van der Waals surface area contributed by atoms with Gasteiger partial charge in [0.15, 0.2) is 5.82 Å². The Labute approximate surface area is 175 Å². The molecular weight excluding hydrogens is 372 g/mol. The van der Waals surface area contributed by atoms with Gasteiger partial charge in [0.2, 0.25) is 0 Å². The maximum atomic E-state index is 4.89. The fourth-order valence-electron chi connectivity index (χ4n) is 4.28. The maximum Gasteiger partial charge on any atom is 0.257 e. The van der Waals surface area contributed by atoms with Crippen LogP contribution < -0.4 is 4.90 Å². The Morgan fingerprint density at radius 3 is 2.87 bits per heavy atom. The molecular formula is C24H22N6. The van der Waals surface area contributed by atoms with E-state index in [1.165, 1.54) is 24.1 Å². The van der Waals surface area contributed by atoms with Gasteiger partial charge in [0, 0.05) is 29.4 Å². The topological polar surface area (TPSA) is 59.2 Å². The first-order valence-corrected chi connectivity index (χ1v) is 10.5. The van der Waals surface area contributed by atoms with E-state index in [4.69, 9.17) is 9.97 Å². The third-order valence-corrected chi connectivity index (χ3v) is 6.26. The highest BCUT2D eigenvalue weighted by Gasteiger charge is 2.35. The Morgan fingerprint density at radius 2 is 2.00 bits per heavy atom. The number of hydrogen-bond acceptors (Lipinski definition) is 5. The predicted molar refractivity (Wildman–Crippen MR) is 117 cm³/mol. The summed E-state index contributed by atoms with van der Waals surface area (Å²) in [5.74, 6) is 9.23. The smallest absolute Gasteiger partial charge is 0.257 e. The van der Waals surface area contributed by atoms with Crippen molar-refractivity contribution in [2.75, 3.05) is 11.4 Å². The Hall–Kier alpha value is -3.46. The lowest BCUT2D eigenvalue weighted by Crippen LogP contribution is -2.26. The fourth-order valence-corrected chi connectivity index (χ4v) is 4.28. The van der Waals surface area contributed by atoms with Crippen molar-refractivity contribution in [3.05, 3.63) is 53.5 Å². The number of aryl methyl sites for hydroxylation is 1. The summed E-state index contributed by atoms with van der Waals surface area (Å²) in [4.78, 5) is 11.9. The molecule has 3 aromatic heterocycles. The van der Waals surface area contributed by atoms with E-state index in [0.717, 1.165) is 47.6 Å². The molecule has 0 spiro atoms. The molecule has 6 heteroatoms. The lowest BCUT2D eigenvalue weighted by atomic mass is 9.95. The summed E-state index contributed by atoms with van der Waals surface area (Å²) < 4.78 is 1.97. The van der Waals surface area contributed by atoms with Crippen LogP contribution in [-0.4, -0.2) is 31.1 Å². The molecule has 0 amide bonds. The highest BCUT2D eigenvalue weighted by molar-refractivity contribution is 5.91. The van der Waals surface area contributed by atoms with E-state index in [0.29, 0.717) is 5.78 Å². The minimum Gasteiger partial charge on any atom is -0.324 e. The quantitative estimate of drug-likeness (QED) is 0.453. The number of anilines is 2. The molecule has 6 nitrogen and oxygen atoms in total. The first-order chi connectivity index (χ1) is 14.6. The Morgan fingerprint density at radius 1 is 1.10 bits per heavy atom. The number of fused-ring (bicyclic) bond motifs is 4. The van der Waals surface area contributed by atoms with Gasteiger partial charge in [-0.15, -0.1) is 10.2 Å². The average Bonchev–Trinajstić information content (AvgIpc) is 3.40. The summed E-state index contributed by atoms with van der Waals surface area (Å²) in [6.07, 6.45) is 6.32. The van der Waals surface area contributed by atoms with E-state index < -0.39 is 0 Å². The van der Waals surface area contributed by atoms with Gasteiger partial charge in [-0.3, -0.25) is 9.38 Å². The molecule has 0 radical (unpaired) electrons. The summed E-state index contributed by atoms with van der Waals surface area (Å²) in [5, 5.41) is 8.52. The summed E-state index contributed by atoms with van der Waals surface area (Å²) in [5.41, 5.74) is 5.68. The monoisotopic (exact) mass is 394 g/mol. The van der Waals surface area contributed by atoms with Crippen LogP contribution in [0.15, 0.2) is 36.5 Å². The third-order valence-electron chi connectivity index (χ3n) is 6.26. The van der Waals surface area contributed by atoms with Gasteiger partial charge in [-0.25, -0.2) is 0 Å². The van der Waals surface area contributed by atoms with Crippen LogP contribution in [0.25, 0.3) is 16.8 Å². The highest BCUT2D eigenvalue weighted by Crippen LogP contribution is 2.44. The molecule has 4 aromatic rings. The number of aromatic nitrogens is 5. The third kappa shape index (κ3) is 2.66. The molecule has 0 bridgehead atoms. The van der Waals surface area contributed by atoms with Crippen molar-refractivity contribution in [3.8, 4) is 11.8 Å². The van der Waals surface area contributed by atoms with Crippen molar-refractivity contribution in [1.29, 1.82) is 0 Å². The normalized spacial score (nSPS) is 16.9. The van der Waals surface area contributed by atoms with Crippen molar-refractivity contribution in [3.63, 3.8) is 0 Å². The van der Waals surface area contributed by atoms with E-state index in [9.17, 15) is 0 Å². The Balaban J connectivity index is 1.55. The second kappa shape index (κ2) is 6.27. The molecule has 0 saturated heterocycles. The lowest BCUT2D eigenvalue weighted by Gasteiger charge is -2.31. The van der Waals surface area contributed by atoms with Gasteiger partial charge >= 0.3 is 0 Å². The summed E-state index contributed by atoms with van der Waals surface area (Å²) in [6.45, 7) is 5.08. The molecule has 148 valence electrons. The average molecular weight is 394 g/mol. The number of pyridine rings is 1. The van der Waals surface area contributed by atoms with Gasteiger partial charge in [0.1, 0.15) is 11.3 Å². The zero-order chi connectivity index (χ0) is 20.3. The molecule has 4 heterocycles. The van der Waals surface area contributed by atoms with Gasteiger partial charge in [-0.1, -0.05) is 17.9 Å². The standard InChI is InChI=1S/C24H22N6/c1-16-27-28-23-26-22(21-20(30(16)23)9-4-14-25-21)29-15-5-7-18-17(6-3-8-19(18)29)10-11-24(2)12-13-24/h3-4,6,8-9,14H,5,7,12-13,15H2,1-2H3. The first kappa shape index (κ1) is 17.4. The van der Waals surface area contributed by atoms with Crippen molar-refractivity contribution in [2.45, 2.75) is 39.5 Å². The SMILES string of the molecule is Cc1nnc2nc(N3CCCc4c(C#CC5(C)CC5)cccc43)c3ncccc3n12. The molecule has 1 aliphatic carbocycles. The zero-order valence-corrected chi connectivity index (χ0v) is 17.2. The van der Waals surface area contributed by atoms with Gasteiger partial charge < -0.3 is 4.90 Å². The lowest BCUT2D eigenvalue weighted by molar-refractivity contribution is 0.758. The molecule has 2 aliphatic rings. The summed E-state index contributed by atoms with van der Waals surface area (Å²) in [6, 6.07) is 10.4. The van der Waals surface area contributed by atoms with Crippen molar-refractivity contribution in [1.82, 2.24) is 24.6 Å². The fraction of sp³-hybridized carbons (Fsp3) is 0.333. The van der Waals surface area contributed by atoms with E-state index in [-0.39, 0.29) is 5.41 Å². The van der Waals surface area contributed by atoms with Crippen LogP contribution in [0.3, 0.4) is 0 Å². The second-order valence-electron chi connectivity index (χ2n) is 8.56. The van der Waals surface area contributed by atoms with Gasteiger partial charge in [-0.2, -0.15) is 4.98 Å². The summed E-state index contributed by atoms with van der Waals surface area (Å²) in [7, 11) is 0. The molecule has 0 unspecified atom stereocenters. The van der Waals surface area contributed by atoms with E-state index in [1.54, 1.807) is 0 Å². The Bertz CT molecular complexity index is 1370. The largest absolute Gasteiger partial charge is 0.324 e. The number of hydrogen-bond donors (Lipinski definition) is 0. The molecule has 30 heavy (non-hydrogen) atoms. The molecule has 1 fully saturated rings. The molecule has 0 N–H and O–H groups in total. The van der Waals surface area contributed by atoms with E-state index >= 15 is 0 Å². The van der Waals surface area contributed by atoms with Crippen molar-refractivity contribution in [2.24, 2.45) is 5.41 Å². The number of benzene rings is 1. The van der Waals surface area contributed by atoms with Crippen LogP contribution >= 0.6 is 0 Å².